The third-order valence-electron chi connectivity index (χ3n) is 4.31. The Kier molecular flexibility index (Phi) is 5.29. The Morgan fingerprint density at radius 3 is 2.63 bits per heavy atom. The number of hydrogen-bond donors (Lipinski definition) is 3. The van der Waals surface area contributed by atoms with E-state index in [0.29, 0.717) is 17.2 Å². The van der Waals surface area contributed by atoms with Crippen LogP contribution in [0.2, 0.25) is 0 Å². The van der Waals surface area contributed by atoms with Gasteiger partial charge in [0.15, 0.2) is 5.82 Å². The quantitative estimate of drug-likeness (QED) is 0.440. The first-order valence-electron chi connectivity index (χ1n) is 9.15. The topological polar surface area (TPSA) is 104 Å². The molecule has 0 spiro atoms. The molecular formula is C20H18F2N8. The molecule has 3 heterocycles. The van der Waals surface area contributed by atoms with E-state index in [1.807, 2.05) is 12.1 Å². The van der Waals surface area contributed by atoms with Crippen molar-refractivity contribution < 1.29 is 8.78 Å². The molecule has 0 aliphatic carbocycles. The highest BCUT2D eigenvalue weighted by Gasteiger charge is 2.14. The number of nitrogens with zero attached hydrogens (tertiary/aromatic N) is 5. The Hall–Kier alpha value is -3.95. The number of pyridine rings is 1. The van der Waals surface area contributed by atoms with Gasteiger partial charge in [0.25, 0.3) is 0 Å². The van der Waals surface area contributed by atoms with Crippen LogP contribution in [-0.2, 0) is 0 Å². The molecule has 152 valence electrons. The number of aromatic nitrogens is 6. The van der Waals surface area contributed by atoms with Crippen LogP contribution in [0.5, 0.6) is 0 Å². The second kappa shape index (κ2) is 8.19. The number of rotatable bonds is 6. The predicted octanol–water partition coefficient (Wildman–Crippen LogP) is 4.16. The fourth-order valence-corrected chi connectivity index (χ4v) is 2.90. The maximum Gasteiger partial charge on any atom is 0.233 e. The van der Waals surface area contributed by atoms with Gasteiger partial charge in [0.1, 0.15) is 17.5 Å². The summed E-state index contributed by atoms with van der Waals surface area (Å²) >= 11 is 0. The lowest BCUT2D eigenvalue weighted by molar-refractivity contribution is 0.566. The second-order valence-electron chi connectivity index (χ2n) is 6.60. The van der Waals surface area contributed by atoms with E-state index in [2.05, 4.69) is 40.8 Å². The zero-order valence-corrected chi connectivity index (χ0v) is 16.2. The zero-order chi connectivity index (χ0) is 21.1. The van der Waals surface area contributed by atoms with Gasteiger partial charge < -0.3 is 10.6 Å². The van der Waals surface area contributed by atoms with E-state index in [1.54, 1.807) is 32.3 Å². The molecule has 0 saturated carbocycles. The number of H-pyrrole nitrogens is 1. The van der Waals surface area contributed by atoms with Gasteiger partial charge in [0.05, 0.1) is 11.7 Å². The van der Waals surface area contributed by atoms with Crippen LogP contribution < -0.4 is 10.6 Å². The van der Waals surface area contributed by atoms with Gasteiger partial charge in [-0.25, -0.2) is 8.78 Å². The monoisotopic (exact) mass is 408 g/mol. The summed E-state index contributed by atoms with van der Waals surface area (Å²) in [7, 11) is 0. The van der Waals surface area contributed by atoms with Gasteiger partial charge in [-0.3, -0.25) is 10.1 Å². The highest BCUT2D eigenvalue weighted by Crippen LogP contribution is 2.23. The van der Waals surface area contributed by atoms with Crippen molar-refractivity contribution in [2.24, 2.45) is 0 Å². The summed E-state index contributed by atoms with van der Waals surface area (Å²) in [5, 5.41) is 13.2. The van der Waals surface area contributed by atoms with E-state index in [1.165, 1.54) is 12.1 Å². The number of aryl methyl sites for hydroxylation is 1. The number of hydrogen-bond acceptors (Lipinski definition) is 7. The van der Waals surface area contributed by atoms with Gasteiger partial charge in [-0.2, -0.15) is 20.1 Å². The largest absolute Gasteiger partial charge is 0.347 e. The first-order valence-corrected chi connectivity index (χ1v) is 9.15. The van der Waals surface area contributed by atoms with E-state index < -0.39 is 17.7 Å². The van der Waals surface area contributed by atoms with Crippen LogP contribution in [0.25, 0.3) is 11.3 Å². The highest BCUT2D eigenvalue weighted by molar-refractivity contribution is 5.63. The van der Waals surface area contributed by atoms with Gasteiger partial charge >= 0.3 is 0 Å². The van der Waals surface area contributed by atoms with Crippen LogP contribution in [-0.4, -0.2) is 30.1 Å². The first kappa shape index (κ1) is 19.4. The molecule has 8 nitrogen and oxygen atoms in total. The van der Waals surface area contributed by atoms with E-state index in [-0.39, 0.29) is 11.9 Å². The number of benzene rings is 1. The molecule has 0 amide bonds. The standard InChI is InChI=1S/C20H18F2N8/c1-11(15-6-5-14(21)8-16(15)22)24-19-25-12(2)26-20(28-19)27-18-9-17(29-30-18)13-4-3-7-23-10-13/h3-11H,1-2H3,(H3,24,25,26,27,28,29,30). The molecule has 1 aromatic carbocycles. The van der Waals surface area contributed by atoms with Crippen LogP contribution >= 0.6 is 0 Å². The fourth-order valence-electron chi connectivity index (χ4n) is 2.90. The number of nitrogens with one attached hydrogen (secondary N) is 3. The summed E-state index contributed by atoms with van der Waals surface area (Å²) in [6.45, 7) is 3.45. The predicted molar refractivity (Wildman–Crippen MR) is 108 cm³/mol. The molecule has 0 radical (unpaired) electrons. The third-order valence-corrected chi connectivity index (χ3v) is 4.31. The van der Waals surface area contributed by atoms with Crippen molar-refractivity contribution in [2.45, 2.75) is 19.9 Å². The molecule has 0 saturated heterocycles. The third kappa shape index (κ3) is 4.37. The van der Waals surface area contributed by atoms with Crippen molar-refractivity contribution in [3.8, 4) is 11.3 Å². The summed E-state index contributed by atoms with van der Waals surface area (Å²) < 4.78 is 27.2. The van der Waals surface area contributed by atoms with Crippen molar-refractivity contribution in [3.63, 3.8) is 0 Å². The van der Waals surface area contributed by atoms with Crippen molar-refractivity contribution >= 4 is 17.7 Å². The normalized spacial score (nSPS) is 11.9. The van der Waals surface area contributed by atoms with Gasteiger partial charge in [0.2, 0.25) is 11.9 Å². The van der Waals surface area contributed by atoms with Gasteiger partial charge in [-0.15, -0.1) is 0 Å². The molecule has 0 aliphatic rings. The molecule has 4 aromatic rings. The van der Waals surface area contributed by atoms with Crippen LogP contribution in [0, 0.1) is 18.6 Å². The Balaban J connectivity index is 1.51. The summed E-state index contributed by atoms with van der Waals surface area (Å²) in [4.78, 5) is 16.9. The van der Waals surface area contributed by atoms with E-state index in [9.17, 15) is 8.78 Å². The summed E-state index contributed by atoms with van der Waals surface area (Å²) in [5.41, 5.74) is 1.98. The number of anilines is 3. The minimum atomic E-state index is -0.640. The van der Waals surface area contributed by atoms with Crippen molar-refractivity contribution in [2.75, 3.05) is 10.6 Å². The maximum absolute atomic E-state index is 14.0. The van der Waals surface area contributed by atoms with Crippen LogP contribution in [0.4, 0.5) is 26.5 Å². The molecule has 0 aliphatic heterocycles. The van der Waals surface area contributed by atoms with E-state index >= 15 is 0 Å². The maximum atomic E-state index is 14.0. The van der Waals surface area contributed by atoms with Crippen LogP contribution in [0.3, 0.4) is 0 Å². The first-order chi connectivity index (χ1) is 14.5. The Morgan fingerprint density at radius 2 is 1.87 bits per heavy atom. The molecule has 0 bridgehead atoms. The van der Waals surface area contributed by atoms with E-state index in [4.69, 9.17) is 0 Å². The molecule has 3 aromatic heterocycles. The molecule has 1 unspecified atom stereocenters. The van der Waals surface area contributed by atoms with Gasteiger partial charge in [-0.05, 0) is 32.0 Å². The SMILES string of the molecule is Cc1nc(Nc2cc(-c3cccnc3)[nH]n2)nc(NC(C)c2ccc(F)cc2F)n1. The summed E-state index contributed by atoms with van der Waals surface area (Å²) in [5.74, 6) is 0.243. The molecule has 4 rings (SSSR count). The van der Waals surface area contributed by atoms with Gasteiger partial charge in [0, 0.05) is 35.7 Å². The minimum Gasteiger partial charge on any atom is -0.347 e. The van der Waals surface area contributed by atoms with Gasteiger partial charge in [-0.1, -0.05) is 6.07 Å². The lowest BCUT2D eigenvalue weighted by Gasteiger charge is -2.15. The Bertz CT molecular complexity index is 1160. The fraction of sp³-hybridized carbons (Fsp3) is 0.150. The molecule has 1 atom stereocenters. The molecule has 10 heteroatoms. The molecule has 3 N–H and O–H groups in total. The van der Waals surface area contributed by atoms with Crippen molar-refractivity contribution in [1.29, 1.82) is 0 Å². The Labute approximate surface area is 170 Å². The molecule has 0 fully saturated rings. The average Bonchev–Trinajstić information content (AvgIpc) is 3.16. The second-order valence-corrected chi connectivity index (χ2v) is 6.60. The Morgan fingerprint density at radius 1 is 1.03 bits per heavy atom. The van der Waals surface area contributed by atoms with Crippen LogP contribution in [0.1, 0.15) is 24.4 Å². The lowest BCUT2D eigenvalue weighted by atomic mass is 10.1. The summed E-state index contributed by atoms with van der Waals surface area (Å²) in [6, 6.07) is 8.51. The number of halogens is 2. The van der Waals surface area contributed by atoms with Crippen molar-refractivity contribution in [1.82, 2.24) is 30.1 Å². The van der Waals surface area contributed by atoms with Crippen LogP contribution in [0.15, 0.2) is 48.8 Å². The zero-order valence-electron chi connectivity index (χ0n) is 16.2. The summed E-state index contributed by atoms with van der Waals surface area (Å²) in [6.07, 6.45) is 3.42. The number of aromatic amines is 1. The minimum absolute atomic E-state index is 0.254. The smallest absolute Gasteiger partial charge is 0.233 e. The highest BCUT2D eigenvalue weighted by atomic mass is 19.1. The molecule has 30 heavy (non-hydrogen) atoms. The lowest BCUT2D eigenvalue weighted by Crippen LogP contribution is -2.13. The average molecular weight is 408 g/mol. The molecular weight excluding hydrogens is 390 g/mol. The van der Waals surface area contributed by atoms with Crippen molar-refractivity contribution in [3.05, 3.63) is 71.8 Å². The van der Waals surface area contributed by atoms with E-state index in [0.717, 1.165) is 17.3 Å².